The van der Waals surface area contributed by atoms with Crippen molar-refractivity contribution in [2.45, 2.75) is 102 Å². The summed E-state index contributed by atoms with van der Waals surface area (Å²) in [6.07, 6.45) is 17.2. The first-order chi connectivity index (χ1) is 14.1. The molecule has 0 amide bonds. The highest BCUT2D eigenvalue weighted by Crippen LogP contribution is 2.41. The van der Waals surface area contributed by atoms with E-state index in [0.29, 0.717) is 31.5 Å². The van der Waals surface area contributed by atoms with Crippen LogP contribution in [0.3, 0.4) is 0 Å². The molecule has 1 saturated heterocycles. The molecule has 0 aromatic heterocycles. The van der Waals surface area contributed by atoms with Crippen LogP contribution in [0.2, 0.25) is 0 Å². The van der Waals surface area contributed by atoms with Gasteiger partial charge >= 0.3 is 5.97 Å². The topological polar surface area (TPSA) is 65.0 Å². The van der Waals surface area contributed by atoms with Crippen LogP contribution >= 0.6 is 0 Å². The minimum atomic E-state index is -0.405. The van der Waals surface area contributed by atoms with Crippen LogP contribution in [0, 0.1) is 11.8 Å². The van der Waals surface area contributed by atoms with Crippen LogP contribution in [-0.4, -0.2) is 43.3 Å². The van der Waals surface area contributed by atoms with Crippen molar-refractivity contribution >= 4 is 5.97 Å². The second-order valence-corrected chi connectivity index (χ2v) is 8.70. The molecule has 1 N–H and O–H groups in total. The number of allylic oxidation sites excluding steroid dienone is 2. The van der Waals surface area contributed by atoms with E-state index in [0.717, 1.165) is 64.2 Å². The number of aliphatic hydroxyl groups excluding tert-OH is 1. The molecule has 0 bridgehead atoms. The highest BCUT2D eigenvalue weighted by Gasteiger charge is 2.40. The molecule has 0 unspecified atom stereocenters. The summed E-state index contributed by atoms with van der Waals surface area (Å²) in [7, 11) is 1.44. The van der Waals surface area contributed by atoms with Gasteiger partial charge in [-0.1, -0.05) is 31.9 Å². The summed E-state index contributed by atoms with van der Waals surface area (Å²) in [5.74, 6) is 0.358. The Morgan fingerprint density at radius 3 is 2.62 bits per heavy atom. The Labute approximate surface area is 177 Å². The van der Waals surface area contributed by atoms with Crippen molar-refractivity contribution in [3.8, 4) is 0 Å². The number of aliphatic hydroxyl groups is 1. The van der Waals surface area contributed by atoms with Gasteiger partial charge in [0.1, 0.15) is 0 Å². The molecule has 5 heteroatoms. The van der Waals surface area contributed by atoms with E-state index in [9.17, 15) is 9.90 Å². The third-order valence-corrected chi connectivity index (χ3v) is 6.60. The van der Waals surface area contributed by atoms with Gasteiger partial charge in [-0.15, -0.1) is 0 Å². The Kier molecular flexibility index (Phi) is 11.3. The second-order valence-electron chi connectivity index (χ2n) is 8.70. The summed E-state index contributed by atoms with van der Waals surface area (Å²) >= 11 is 0. The number of ether oxygens (including phenoxy) is 3. The van der Waals surface area contributed by atoms with Gasteiger partial charge in [-0.25, -0.2) is 0 Å². The van der Waals surface area contributed by atoms with Crippen LogP contribution in [0.1, 0.15) is 90.4 Å². The van der Waals surface area contributed by atoms with Crippen molar-refractivity contribution in [3.05, 3.63) is 12.2 Å². The van der Waals surface area contributed by atoms with Crippen LogP contribution in [-0.2, 0) is 19.0 Å². The Hall–Kier alpha value is -0.910. The largest absolute Gasteiger partial charge is 0.469 e. The van der Waals surface area contributed by atoms with E-state index >= 15 is 0 Å². The smallest absolute Gasteiger partial charge is 0.305 e. The van der Waals surface area contributed by atoms with Gasteiger partial charge in [0.2, 0.25) is 0 Å². The van der Waals surface area contributed by atoms with Gasteiger partial charge < -0.3 is 19.3 Å². The maximum absolute atomic E-state index is 11.1. The molecule has 0 aromatic rings. The van der Waals surface area contributed by atoms with Crippen LogP contribution in [0.4, 0.5) is 0 Å². The molecule has 1 heterocycles. The van der Waals surface area contributed by atoms with Crippen molar-refractivity contribution in [2.24, 2.45) is 11.8 Å². The molecule has 2 aliphatic rings. The first-order valence-electron chi connectivity index (χ1n) is 11.8. The van der Waals surface area contributed by atoms with Gasteiger partial charge in [0.15, 0.2) is 5.79 Å². The molecule has 0 radical (unpaired) electrons. The summed E-state index contributed by atoms with van der Waals surface area (Å²) < 4.78 is 16.7. The van der Waals surface area contributed by atoms with E-state index in [2.05, 4.69) is 23.8 Å². The number of carbonyl (C=O) groups is 1. The first kappa shape index (κ1) is 24.4. The molecule has 2 fully saturated rings. The molecular formula is C24H42O5. The minimum Gasteiger partial charge on any atom is -0.469 e. The van der Waals surface area contributed by atoms with Crippen molar-refractivity contribution in [3.63, 3.8) is 0 Å². The fourth-order valence-electron chi connectivity index (χ4n) is 4.81. The predicted octanol–water partition coefficient (Wildman–Crippen LogP) is 5.16. The highest BCUT2D eigenvalue weighted by atomic mass is 16.7. The maximum Gasteiger partial charge on any atom is 0.305 e. The molecule has 1 aliphatic heterocycles. The number of carbonyl (C=O) groups excluding carboxylic acids is 1. The zero-order valence-corrected chi connectivity index (χ0v) is 18.6. The molecule has 29 heavy (non-hydrogen) atoms. The van der Waals surface area contributed by atoms with Gasteiger partial charge in [-0.2, -0.15) is 0 Å². The number of rotatable bonds is 14. The molecule has 1 saturated carbocycles. The molecule has 168 valence electrons. The number of esters is 1. The molecule has 1 aliphatic carbocycles. The standard InChI is InChI=1S/C24H42O5/c1-3-4-10-16-24(28-18-19-29-24)17-15-21-20(13-14-22(21)25)11-8-6-5-7-9-12-23(26)27-2/h6,8,20-22,25H,3-5,7,9-19H2,1-2H3/b8-6-/t20-,21+,22+/m0/s1. The van der Waals surface area contributed by atoms with E-state index in [1.54, 1.807) is 0 Å². The fourth-order valence-corrected chi connectivity index (χ4v) is 4.81. The van der Waals surface area contributed by atoms with Crippen LogP contribution < -0.4 is 0 Å². The lowest BCUT2D eigenvalue weighted by Crippen LogP contribution is -2.32. The lowest BCUT2D eigenvalue weighted by Gasteiger charge is -2.30. The zero-order chi connectivity index (χ0) is 21.0. The second kappa shape index (κ2) is 13.4. The Morgan fingerprint density at radius 2 is 1.90 bits per heavy atom. The van der Waals surface area contributed by atoms with Crippen LogP contribution in [0.15, 0.2) is 12.2 Å². The fraction of sp³-hybridized carbons (Fsp3) is 0.875. The Balaban J connectivity index is 1.72. The summed E-state index contributed by atoms with van der Waals surface area (Å²) in [6.45, 7) is 3.61. The Morgan fingerprint density at radius 1 is 1.10 bits per heavy atom. The van der Waals surface area contributed by atoms with Gasteiger partial charge in [0.25, 0.3) is 0 Å². The zero-order valence-electron chi connectivity index (χ0n) is 18.6. The quantitative estimate of drug-likeness (QED) is 0.243. The van der Waals surface area contributed by atoms with E-state index in [4.69, 9.17) is 9.47 Å². The van der Waals surface area contributed by atoms with E-state index in [1.165, 1.54) is 20.0 Å². The third kappa shape index (κ3) is 8.39. The molecule has 0 spiro atoms. The lowest BCUT2D eigenvalue weighted by atomic mass is 9.85. The van der Waals surface area contributed by atoms with E-state index in [-0.39, 0.29) is 12.1 Å². The van der Waals surface area contributed by atoms with Crippen molar-refractivity contribution in [2.75, 3.05) is 20.3 Å². The van der Waals surface area contributed by atoms with Crippen LogP contribution in [0.5, 0.6) is 0 Å². The normalized spacial score (nSPS) is 26.4. The average molecular weight is 411 g/mol. The number of methoxy groups -OCH3 is 1. The summed E-state index contributed by atoms with van der Waals surface area (Å²) in [5, 5.41) is 10.5. The van der Waals surface area contributed by atoms with Gasteiger partial charge in [-0.3, -0.25) is 4.79 Å². The molecule has 2 rings (SSSR count). The van der Waals surface area contributed by atoms with Crippen molar-refractivity contribution in [1.82, 2.24) is 0 Å². The van der Waals surface area contributed by atoms with Crippen LogP contribution in [0.25, 0.3) is 0 Å². The van der Waals surface area contributed by atoms with Gasteiger partial charge in [0.05, 0.1) is 26.4 Å². The highest BCUT2D eigenvalue weighted by molar-refractivity contribution is 5.68. The third-order valence-electron chi connectivity index (χ3n) is 6.60. The molecular weight excluding hydrogens is 368 g/mol. The summed E-state index contributed by atoms with van der Waals surface area (Å²) in [5.41, 5.74) is 0. The molecule has 0 aromatic carbocycles. The number of unbranched alkanes of at least 4 members (excludes halogenated alkanes) is 4. The first-order valence-corrected chi connectivity index (χ1v) is 11.8. The summed E-state index contributed by atoms with van der Waals surface area (Å²) in [6, 6.07) is 0. The van der Waals surface area contributed by atoms with E-state index < -0.39 is 5.79 Å². The van der Waals surface area contributed by atoms with Gasteiger partial charge in [-0.05, 0) is 63.2 Å². The van der Waals surface area contributed by atoms with Crippen molar-refractivity contribution < 1.29 is 24.1 Å². The molecule has 5 nitrogen and oxygen atoms in total. The number of hydrogen-bond donors (Lipinski definition) is 1. The van der Waals surface area contributed by atoms with Gasteiger partial charge in [0, 0.05) is 19.3 Å². The average Bonchev–Trinajstić information content (AvgIpc) is 3.33. The van der Waals surface area contributed by atoms with E-state index in [1.807, 2.05) is 0 Å². The summed E-state index contributed by atoms with van der Waals surface area (Å²) in [4.78, 5) is 11.1. The number of hydrogen-bond acceptors (Lipinski definition) is 5. The predicted molar refractivity (Wildman–Crippen MR) is 114 cm³/mol. The van der Waals surface area contributed by atoms with Crippen molar-refractivity contribution in [1.29, 1.82) is 0 Å². The Bertz CT molecular complexity index is 484. The maximum atomic E-state index is 11.1. The lowest BCUT2D eigenvalue weighted by molar-refractivity contribution is -0.171. The molecule has 3 atom stereocenters. The monoisotopic (exact) mass is 410 g/mol. The SMILES string of the molecule is CCCCCC1(CC[C@@H]2[C@@H](C/C=C\CCCCC(=O)OC)CC[C@H]2O)OCCO1. The minimum absolute atomic E-state index is 0.126.